The average Bonchev–Trinajstić information content (AvgIpc) is 1.34. The van der Waals surface area contributed by atoms with Gasteiger partial charge in [-0.2, -0.15) is 13.2 Å². The first-order chi connectivity index (χ1) is 66.3. The number of aliphatic hydroxyl groups excluding tert-OH is 4. The van der Waals surface area contributed by atoms with Gasteiger partial charge in [0.05, 0.1) is 156 Å². The van der Waals surface area contributed by atoms with Gasteiger partial charge in [-0.1, -0.05) is 115 Å². The summed E-state index contributed by atoms with van der Waals surface area (Å²) in [6, 6.07) is 55.5. The Kier molecular flexibility index (Phi) is 26.1. The van der Waals surface area contributed by atoms with Crippen molar-refractivity contribution in [1.82, 2.24) is 67.1 Å². The minimum atomic E-state index is -4.50. The number of aromatic nitrogens is 14. The van der Waals surface area contributed by atoms with Crippen LogP contribution >= 0.6 is 0 Å². The zero-order valence-corrected chi connectivity index (χ0v) is 76.0. The normalized spacial score (nSPS) is 18.7. The highest BCUT2D eigenvalue weighted by molar-refractivity contribution is 7.89. The molecule has 18 aromatic rings. The number of alkyl halides is 3. The van der Waals surface area contributed by atoms with Crippen LogP contribution in [-0.2, 0) is 60.8 Å². The highest BCUT2D eigenvalue weighted by atomic mass is 32.2. The lowest BCUT2D eigenvalue weighted by molar-refractivity contribution is -0.141. The van der Waals surface area contributed by atoms with Gasteiger partial charge in [0.15, 0.2) is 5.65 Å². The number of aliphatic hydroxyl groups is 4. The monoisotopic (exact) mass is 1870 g/mol. The number of halogens is 3. The summed E-state index contributed by atoms with van der Waals surface area (Å²) >= 11 is 0. The van der Waals surface area contributed by atoms with E-state index in [1.54, 1.807) is 46.3 Å². The maximum atomic E-state index is 13.6. The van der Waals surface area contributed by atoms with Crippen LogP contribution in [0.4, 0.5) is 19.0 Å². The number of hydrogen-bond acceptors (Lipinski definition) is 24. The lowest BCUT2D eigenvalue weighted by Gasteiger charge is -2.29. The van der Waals surface area contributed by atoms with Gasteiger partial charge in [0.2, 0.25) is 10.0 Å². The summed E-state index contributed by atoms with van der Waals surface area (Å²) in [7, 11) is 0.435. The maximum absolute atomic E-state index is 13.6. The van der Waals surface area contributed by atoms with Crippen molar-refractivity contribution >= 4 is 114 Å². The summed E-state index contributed by atoms with van der Waals surface area (Å²) in [5, 5.41) is 51.8. The van der Waals surface area contributed by atoms with Crippen molar-refractivity contribution in [3.05, 3.63) is 342 Å². The molecule has 4 fully saturated rings. The van der Waals surface area contributed by atoms with Gasteiger partial charge in [-0.3, -0.25) is 52.4 Å². The molecule has 0 spiro atoms. The van der Waals surface area contributed by atoms with Gasteiger partial charge in [-0.15, -0.1) is 0 Å². The van der Waals surface area contributed by atoms with E-state index >= 15 is 0 Å². The second-order valence-electron chi connectivity index (χ2n) is 35.2. The average molecular weight is 1870 g/mol. The van der Waals surface area contributed by atoms with Gasteiger partial charge in [-0.25, -0.2) is 42.3 Å². The molecule has 33 heteroatoms. The number of hydrogen-bond donors (Lipinski definition) is 4. The van der Waals surface area contributed by atoms with Crippen LogP contribution < -0.4 is 27.1 Å². The van der Waals surface area contributed by atoms with Crippen LogP contribution in [0.15, 0.2) is 264 Å². The Balaban J connectivity index is 0.000000117. The van der Waals surface area contributed by atoms with Crippen molar-refractivity contribution in [1.29, 1.82) is 0 Å². The van der Waals surface area contributed by atoms with E-state index < -0.39 is 58.4 Å². The fraction of sp³-hybridized carbons (Fsp3) is 0.279. The van der Waals surface area contributed by atoms with E-state index in [0.717, 1.165) is 123 Å². The van der Waals surface area contributed by atoms with E-state index in [1.807, 2.05) is 172 Å². The zero-order valence-electron chi connectivity index (χ0n) is 75.1. The summed E-state index contributed by atoms with van der Waals surface area (Å²) in [5.74, 6) is 0.897. The number of benzene rings is 8. The predicted octanol–water partition coefficient (Wildman–Crippen LogP) is 13.6. The Morgan fingerprint density at radius 1 is 0.387 bits per heavy atom. The number of rotatable bonds is 15. The van der Waals surface area contributed by atoms with Gasteiger partial charge < -0.3 is 44.3 Å². The van der Waals surface area contributed by atoms with E-state index in [0.29, 0.717) is 133 Å². The van der Waals surface area contributed by atoms with Gasteiger partial charge in [0, 0.05) is 116 Å². The number of anilines is 1. The van der Waals surface area contributed by atoms with E-state index in [1.165, 1.54) is 44.2 Å². The summed E-state index contributed by atoms with van der Waals surface area (Å²) in [4.78, 5) is 96.0. The molecule has 4 aliphatic heterocycles. The van der Waals surface area contributed by atoms with Crippen LogP contribution in [0.1, 0.15) is 106 Å². The standard InChI is InChI=1S/C30H29N5O3.C26H24N4O5S.C24H20F3N3O3.C24H23N3O3/c1-34(2)28-10-8-20(16-32-28)25-9-7-19(15-31-25)13-21-14-24-29(23-6-4-3-5-22(21)23)33-18-35(30(24)37)26-11-12-38-17-27(26)36;1-36(33,34)30-10-7-19-16(6-9-27-25(19)30)12-17-13-21-24(20-5-3-2-4-18(17)20)28-15-29(26(21)32)22-8-11-35-14-23(22)31;25-24(26,27)21-6-5-14(11-28-21)9-15-10-18-22(17-4-2-1-3-16(15)17)29-13-30(23(18)32)19-7-8-33-12-20(19)31;1-15-16(5-4-9-25-15)11-17-12-20-23(19-7-3-2-6-18(17)19)26-14-27(24(20)29)21-8-10-30-13-22(21)28/h3-10,14-16,18,26-27,36H,11-13,17H2,1-2H3;2-7,9-10,13,15,22-23,31H,8,11-12,14H2,1H3;1-6,10-11,13,19-20,31H,7-9,12H2;2-7,9,12,14,21-22,28H,8,10-11,13H2,1H3/t26-,27-;22-,23-;19-,20-;21-,22-/m0000/s1. The molecule has 0 unspecified atom stereocenters. The van der Waals surface area contributed by atoms with Crippen molar-refractivity contribution < 1.29 is 61.0 Å². The molecule has 8 atom stereocenters. The number of pyridine rings is 5. The molecule has 0 saturated carbocycles. The molecule has 137 heavy (non-hydrogen) atoms. The van der Waals surface area contributed by atoms with Gasteiger partial charge >= 0.3 is 6.18 Å². The quantitative estimate of drug-likeness (QED) is 0.0693. The Morgan fingerprint density at radius 2 is 0.774 bits per heavy atom. The van der Waals surface area contributed by atoms with Crippen LogP contribution in [0.2, 0.25) is 0 Å². The van der Waals surface area contributed by atoms with Gasteiger partial charge in [0.1, 0.15) is 11.5 Å². The highest BCUT2D eigenvalue weighted by Gasteiger charge is 2.35. The smallest absolute Gasteiger partial charge is 0.389 e. The first kappa shape index (κ1) is 92.0. The van der Waals surface area contributed by atoms with E-state index in [9.17, 15) is 61.2 Å². The van der Waals surface area contributed by atoms with Crippen molar-refractivity contribution in [2.75, 3.05) is 78.1 Å². The van der Waals surface area contributed by atoms with E-state index in [2.05, 4.69) is 64.1 Å². The fourth-order valence-electron chi connectivity index (χ4n) is 19.1. The van der Waals surface area contributed by atoms with Gasteiger partial charge in [-0.05, 0) is 191 Å². The summed E-state index contributed by atoms with van der Waals surface area (Å²) in [5.41, 5.74) is 11.5. The number of nitrogens with zero attached hydrogens (tertiary/aromatic N) is 15. The fourth-order valence-corrected chi connectivity index (χ4v) is 19.9. The third-order valence-electron chi connectivity index (χ3n) is 26.2. The third kappa shape index (κ3) is 18.7. The second kappa shape index (κ2) is 38.9. The van der Waals surface area contributed by atoms with Crippen LogP contribution in [0, 0.1) is 6.92 Å². The van der Waals surface area contributed by atoms with Crippen molar-refractivity contribution in [3.63, 3.8) is 0 Å². The van der Waals surface area contributed by atoms with E-state index in [-0.39, 0.29) is 60.7 Å². The maximum Gasteiger partial charge on any atom is 0.433 e. The van der Waals surface area contributed by atoms with Crippen molar-refractivity contribution in [3.8, 4) is 11.3 Å². The molecule has 4 aliphatic rings. The largest absolute Gasteiger partial charge is 0.433 e. The van der Waals surface area contributed by atoms with Crippen LogP contribution in [-0.4, -0.2) is 194 Å². The van der Waals surface area contributed by atoms with Crippen LogP contribution in [0.25, 0.3) is 109 Å². The third-order valence-corrected chi connectivity index (χ3v) is 27.2. The zero-order chi connectivity index (χ0) is 95.1. The van der Waals surface area contributed by atoms with Crippen LogP contribution in [0.3, 0.4) is 0 Å². The van der Waals surface area contributed by atoms with Crippen LogP contribution in [0.5, 0.6) is 0 Å². The highest BCUT2D eigenvalue weighted by Crippen LogP contribution is 2.38. The Hall–Kier alpha value is -14.1. The summed E-state index contributed by atoms with van der Waals surface area (Å²) in [6.45, 7) is 4.73. The molecular formula is C104H96F3N15O14S. The second-order valence-corrected chi connectivity index (χ2v) is 37.0. The molecule has 4 saturated heterocycles. The van der Waals surface area contributed by atoms with E-state index in [4.69, 9.17) is 23.9 Å². The number of ether oxygens (including phenoxy) is 4. The first-order valence-corrected chi connectivity index (χ1v) is 47.0. The molecular weight excluding hydrogens is 1770 g/mol. The molecule has 0 bridgehead atoms. The minimum absolute atomic E-state index is 0.124. The lowest BCUT2D eigenvalue weighted by atomic mass is 9.95. The van der Waals surface area contributed by atoms with Gasteiger partial charge in [0.25, 0.3) is 22.2 Å². The number of aryl methyl sites for hydroxylation is 1. The molecule has 22 rings (SSSR count). The molecule has 14 heterocycles. The van der Waals surface area contributed by atoms with Crippen molar-refractivity contribution in [2.24, 2.45) is 0 Å². The Bertz CT molecular complexity index is 8030. The molecule has 0 amide bonds. The molecule has 0 aliphatic carbocycles. The molecule has 8 aromatic carbocycles. The summed E-state index contributed by atoms with van der Waals surface area (Å²) < 4.78 is 91.5. The summed E-state index contributed by atoms with van der Waals surface area (Å²) in [6.07, 6.45) is 13.8. The SMILES string of the molecule is CN(C)c1ccc(-c2ccc(Cc3cc4c(=O)n([C@H]5CCOC[C@@H]5O)cnc4c4ccccc34)cn2)cn1.CS(=O)(=O)n1ccc2c(Cc3cc4c(=O)n([C@H]5CCOC[C@@H]5O)cnc4c4ccccc34)ccnc21.Cc1ncccc1Cc1cc2c(=O)n([C@H]3CCOC[C@@H]3O)cnc2c2ccccc12.O=c1c2cc(Cc3ccc(C(F)(F)F)nc3)c3ccccc3c2ncn1[C@H]1CCOC[C@@H]1O. The Labute approximate surface area is 781 Å². The predicted molar refractivity (Wildman–Crippen MR) is 517 cm³/mol. The minimum Gasteiger partial charge on any atom is -0.389 e. The first-order valence-electron chi connectivity index (χ1n) is 45.1. The topological polar surface area (TPSA) is 364 Å². The molecule has 10 aromatic heterocycles. The number of fused-ring (bicyclic) bond motifs is 13. The molecule has 0 radical (unpaired) electrons. The Morgan fingerprint density at radius 3 is 1.12 bits per heavy atom. The van der Waals surface area contributed by atoms with Crippen molar-refractivity contribution in [2.45, 2.75) is 113 Å². The molecule has 698 valence electrons. The lowest BCUT2D eigenvalue weighted by Crippen LogP contribution is -2.39. The molecule has 4 N–H and O–H groups in total. The molecule has 29 nitrogen and oxygen atoms in total.